The van der Waals surface area contributed by atoms with E-state index in [9.17, 15) is 24.3 Å². The fourth-order valence-corrected chi connectivity index (χ4v) is 3.33. The molecule has 3 N–H and O–H groups in total. The molecular weight excluding hydrogens is 465 g/mol. The van der Waals surface area contributed by atoms with Crippen molar-refractivity contribution >= 4 is 53.2 Å². The average Bonchev–Trinajstić information content (AvgIpc) is 2.80. The van der Waals surface area contributed by atoms with Gasteiger partial charge in [0.25, 0.3) is 5.91 Å². The number of carboxylic acid groups (broad SMARTS) is 1. The van der Waals surface area contributed by atoms with Crippen molar-refractivity contribution in [1.82, 2.24) is 15.5 Å². The molecule has 0 bridgehead atoms. The molecule has 180 valence electrons. The maximum absolute atomic E-state index is 12.5. The molecule has 0 saturated carbocycles. The van der Waals surface area contributed by atoms with Crippen LogP contribution in [0.25, 0.3) is 0 Å². The Labute approximate surface area is 224 Å². The average molecular weight is 491 g/mol. The Balaban J connectivity index is 0.00000432. The van der Waals surface area contributed by atoms with Crippen LogP contribution in [0.4, 0.5) is 4.79 Å². The van der Waals surface area contributed by atoms with Gasteiger partial charge < -0.3 is 30.1 Å². The van der Waals surface area contributed by atoms with Crippen LogP contribution in [-0.2, 0) is 14.4 Å². The molecule has 35 heavy (non-hydrogen) atoms. The third-order valence-electron chi connectivity index (χ3n) is 5.26. The summed E-state index contributed by atoms with van der Waals surface area (Å²) in [5, 5.41) is 14.2. The number of rotatable bonds is 8. The quantitative estimate of drug-likeness (QED) is 0.380. The molecule has 0 fully saturated rings. The Hall–Kier alpha value is -3.34. The monoisotopic (exact) mass is 491 g/mol. The number of carbonyl (C=O) groups excluding carboxylic acids is 3. The van der Waals surface area contributed by atoms with Crippen molar-refractivity contribution in [3.63, 3.8) is 0 Å². The molecule has 2 unspecified atom stereocenters. The Bertz CT molecular complexity index is 1130. The van der Waals surface area contributed by atoms with Gasteiger partial charge in [0.2, 0.25) is 0 Å². The minimum absolute atomic E-state index is 0. The number of ether oxygens (including phenoxy) is 2. The van der Waals surface area contributed by atoms with Crippen LogP contribution in [0.1, 0.15) is 24.9 Å². The van der Waals surface area contributed by atoms with Crippen molar-refractivity contribution in [1.29, 1.82) is 0 Å². The standard InChI is InChI=1S/C24H25N3O7.Na.H/c1-14-11-20(28)22(23(31)27(14)2)26-24(32)25-19(13-21(29)30)15-7-9-16(10-8-15)34-18-6-4-5-17(12-18)33-3;;/h4-12,19,22H,13H2,1-3H3,(H,29,30)(H2,25,26,32);;. The fourth-order valence-electron chi connectivity index (χ4n) is 3.33. The number of likely N-dealkylation sites (N-methyl/N-ethyl adjacent to an activating group) is 1. The number of hydrogen-bond acceptors (Lipinski definition) is 6. The number of urea groups is 1. The summed E-state index contributed by atoms with van der Waals surface area (Å²) >= 11 is 0. The zero-order chi connectivity index (χ0) is 24.8. The number of aliphatic carboxylic acids is 1. The molecule has 0 aromatic heterocycles. The Morgan fingerprint density at radius 1 is 1.09 bits per heavy atom. The number of ketones is 1. The fraction of sp³-hybridized carbons (Fsp3) is 0.250. The topological polar surface area (TPSA) is 134 Å². The van der Waals surface area contributed by atoms with E-state index in [1.54, 1.807) is 62.6 Å². The number of amides is 3. The van der Waals surface area contributed by atoms with Gasteiger partial charge in [0, 0.05) is 24.9 Å². The zero-order valence-corrected chi connectivity index (χ0v) is 18.9. The minimum atomic E-state index is -1.38. The number of nitrogens with one attached hydrogen (secondary N) is 2. The second-order valence-corrected chi connectivity index (χ2v) is 7.64. The van der Waals surface area contributed by atoms with E-state index in [1.807, 2.05) is 0 Å². The van der Waals surface area contributed by atoms with E-state index < -0.39 is 42.2 Å². The Kier molecular flexibility index (Phi) is 9.88. The van der Waals surface area contributed by atoms with Gasteiger partial charge in [0.1, 0.15) is 17.2 Å². The second-order valence-electron chi connectivity index (χ2n) is 7.64. The molecule has 2 aromatic rings. The van der Waals surface area contributed by atoms with E-state index in [-0.39, 0.29) is 29.6 Å². The van der Waals surface area contributed by atoms with Gasteiger partial charge in [0.05, 0.1) is 19.6 Å². The molecule has 0 spiro atoms. The van der Waals surface area contributed by atoms with Crippen LogP contribution >= 0.6 is 0 Å². The van der Waals surface area contributed by atoms with Gasteiger partial charge in [-0.2, -0.15) is 0 Å². The van der Waals surface area contributed by atoms with E-state index in [4.69, 9.17) is 9.47 Å². The first-order chi connectivity index (χ1) is 16.2. The van der Waals surface area contributed by atoms with E-state index in [1.165, 1.54) is 18.0 Å². The van der Waals surface area contributed by atoms with Crippen LogP contribution in [0.2, 0.25) is 0 Å². The first kappa shape index (κ1) is 27.9. The number of carbonyl (C=O) groups is 4. The van der Waals surface area contributed by atoms with E-state index in [2.05, 4.69) is 10.6 Å². The summed E-state index contributed by atoms with van der Waals surface area (Å²) in [5.74, 6) is -0.566. The molecule has 2 atom stereocenters. The van der Waals surface area contributed by atoms with Crippen LogP contribution in [-0.4, -0.2) is 83.5 Å². The second kappa shape index (κ2) is 12.4. The van der Waals surface area contributed by atoms with Gasteiger partial charge in [-0.15, -0.1) is 0 Å². The van der Waals surface area contributed by atoms with Crippen LogP contribution in [0, 0.1) is 0 Å². The molecule has 2 aromatic carbocycles. The summed E-state index contributed by atoms with van der Waals surface area (Å²) in [6.07, 6.45) is 0.858. The Morgan fingerprint density at radius 3 is 2.37 bits per heavy atom. The third-order valence-corrected chi connectivity index (χ3v) is 5.26. The Morgan fingerprint density at radius 2 is 1.74 bits per heavy atom. The van der Waals surface area contributed by atoms with Crippen molar-refractivity contribution < 1.29 is 33.8 Å². The summed E-state index contributed by atoms with van der Waals surface area (Å²) in [6.45, 7) is 1.61. The summed E-state index contributed by atoms with van der Waals surface area (Å²) in [7, 11) is 3.05. The van der Waals surface area contributed by atoms with E-state index in [0.717, 1.165) is 0 Å². The van der Waals surface area contributed by atoms with Crippen molar-refractivity contribution in [2.75, 3.05) is 14.2 Å². The molecule has 1 aliphatic heterocycles. The van der Waals surface area contributed by atoms with Crippen molar-refractivity contribution in [2.45, 2.75) is 25.4 Å². The molecule has 0 radical (unpaired) electrons. The number of carboxylic acids is 1. The molecule has 1 heterocycles. The SMILES string of the molecule is COc1cccc(Oc2ccc(C(CC(=O)O)NC(=O)NC3C(=O)C=C(C)N(C)C3=O)cc2)c1.[NaH]. The summed E-state index contributed by atoms with van der Waals surface area (Å²) < 4.78 is 10.9. The number of nitrogens with zero attached hydrogens (tertiary/aromatic N) is 1. The van der Waals surface area contributed by atoms with Crippen molar-refractivity contribution in [3.05, 3.63) is 65.9 Å². The normalized spacial score (nSPS) is 15.9. The number of allylic oxidation sites excluding steroid dienone is 1. The molecule has 3 rings (SSSR count). The molecule has 11 heteroatoms. The number of methoxy groups -OCH3 is 1. The molecular formula is C24H26N3NaO7. The zero-order valence-electron chi connectivity index (χ0n) is 18.9. The van der Waals surface area contributed by atoms with Gasteiger partial charge >= 0.3 is 41.6 Å². The van der Waals surface area contributed by atoms with Crippen molar-refractivity contribution in [3.8, 4) is 17.2 Å². The van der Waals surface area contributed by atoms with Gasteiger partial charge in [-0.1, -0.05) is 18.2 Å². The van der Waals surface area contributed by atoms with E-state index >= 15 is 0 Å². The van der Waals surface area contributed by atoms with Crippen LogP contribution < -0.4 is 20.1 Å². The molecule has 0 saturated heterocycles. The molecule has 0 aliphatic carbocycles. The van der Waals surface area contributed by atoms with Gasteiger partial charge in [-0.05, 0) is 36.8 Å². The van der Waals surface area contributed by atoms with Crippen LogP contribution in [0.5, 0.6) is 17.2 Å². The van der Waals surface area contributed by atoms with Gasteiger partial charge in [-0.3, -0.25) is 14.4 Å². The first-order valence-corrected chi connectivity index (χ1v) is 10.4. The summed E-state index contributed by atoms with van der Waals surface area (Å²) in [4.78, 5) is 49.7. The number of benzene rings is 2. The van der Waals surface area contributed by atoms with Crippen LogP contribution in [0.15, 0.2) is 60.3 Å². The predicted octanol–water partition coefficient (Wildman–Crippen LogP) is 1.97. The third kappa shape index (κ3) is 7.32. The molecule has 1 aliphatic rings. The summed E-state index contributed by atoms with van der Waals surface area (Å²) in [6, 6.07) is 10.4. The first-order valence-electron chi connectivity index (χ1n) is 10.4. The number of hydrogen-bond donors (Lipinski definition) is 3. The maximum atomic E-state index is 12.5. The predicted molar refractivity (Wildman–Crippen MR) is 129 cm³/mol. The van der Waals surface area contributed by atoms with Gasteiger partial charge in [0.15, 0.2) is 11.8 Å². The van der Waals surface area contributed by atoms with Crippen molar-refractivity contribution in [2.24, 2.45) is 0 Å². The molecule has 3 amide bonds. The molecule has 10 nitrogen and oxygen atoms in total. The van der Waals surface area contributed by atoms with Gasteiger partial charge in [-0.25, -0.2) is 4.79 Å². The van der Waals surface area contributed by atoms with E-state index in [0.29, 0.717) is 28.5 Å². The summed E-state index contributed by atoms with van der Waals surface area (Å²) in [5.41, 5.74) is 0.971. The van der Waals surface area contributed by atoms with Crippen LogP contribution in [0.3, 0.4) is 0 Å².